The molecular weight excluding hydrogens is 416 g/mol. The second-order valence-corrected chi connectivity index (χ2v) is 10.2. The van der Waals surface area contributed by atoms with Crippen molar-refractivity contribution in [3.63, 3.8) is 0 Å². The summed E-state index contributed by atoms with van der Waals surface area (Å²) in [5.41, 5.74) is 0.981. The van der Waals surface area contributed by atoms with Crippen LogP contribution < -0.4 is 10.6 Å². The van der Waals surface area contributed by atoms with E-state index in [2.05, 4.69) is 25.7 Å². The molecule has 0 saturated heterocycles. The van der Waals surface area contributed by atoms with Gasteiger partial charge in [-0.3, -0.25) is 4.79 Å². The number of aromatic nitrogens is 4. The maximum absolute atomic E-state index is 12.3. The predicted molar refractivity (Wildman–Crippen MR) is 119 cm³/mol. The average molecular weight is 443 g/mol. The Kier molecular flexibility index (Phi) is 6.17. The minimum absolute atomic E-state index is 0.0329. The third-order valence-electron chi connectivity index (χ3n) is 5.54. The van der Waals surface area contributed by atoms with Gasteiger partial charge in [-0.2, -0.15) is 10.1 Å². The number of anilines is 1. The van der Waals surface area contributed by atoms with Crippen LogP contribution in [0.5, 0.6) is 0 Å². The molecule has 2 aromatic heterocycles. The van der Waals surface area contributed by atoms with Crippen molar-refractivity contribution in [1.82, 2.24) is 25.1 Å². The number of sulfone groups is 1. The van der Waals surface area contributed by atoms with Crippen molar-refractivity contribution in [3.05, 3.63) is 42.7 Å². The summed E-state index contributed by atoms with van der Waals surface area (Å²) in [6.45, 7) is 0.165. The summed E-state index contributed by atoms with van der Waals surface area (Å²) in [4.78, 5) is 21.2. The van der Waals surface area contributed by atoms with Crippen LogP contribution in [0.25, 0.3) is 16.7 Å². The first-order valence-corrected chi connectivity index (χ1v) is 12.4. The molecule has 2 N–H and O–H groups in total. The van der Waals surface area contributed by atoms with Gasteiger partial charge < -0.3 is 10.6 Å². The quantitative estimate of drug-likeness (QED) is 0.574. The van der Waals surface area contributed by atoms with E-state index in [9.17, 15) is 13.2 Å². The normalized spacial score (nSPS) is 19.3. The number of carbonyl (C=O) groups is 1. The summed E-state index contributed by atoms with van der Waals surface area (Å²) in [6.07, 6.45) is 7.82. The van der Waals surface area contributed by atoms with Crippen LogP contribution in [0.4, 0.5) is 5.95 Å². The lowest BCUT2D eigenvalue weighted by Crippen LogP contribution is -2.37. The molecule has 1 aromatic carbocycles. The molecule has 10 heteroatoms. The summed E-state index contributed by atoms with van der Waals surface area (Å²) >= 11 is 0. The molecule has 0 spiro atoms. The standard InChI is InChI=1S/C21H26N6O3S/c1-31(29,30)13-12-22-20(28)15-6-8-17(9-7-15)25-21-23-11-10-19(26-21)27-18-5-3-2-4-16(18)14-24-27/h2-5,10-11,14-15,17H,6-9,12-13H2,1H3,(H,22,28)(H,23,25,26)/t15-,17-. The van der Waals surface area contributed by atoms with Crippen LogP contribution in [-0.2, 0) is 14.6 Å². The molecule has 1 fully saturated rings. The van der Waals surface area contributed by atoms with Crippen molar-refractivity contribution >= 4 is 32.6 Å². The number of nitrogens with one attached hydrogen (secondary N) is 2. The number of hydrogen-bond donors (Lipinski definition) is 2. The molecule has 0 radical (unpaired) electrons. The van der Waals surface area contributed by atoms with Gasteiger partial charge in [-0.1, -0.05) is 18.2 Å². The van der Waals surface area contributed by atoms with Gasteiger partial charge in [0.15, 0.2) is 5.82 Å². The van der Waals surface area contributed by atoms with E-state index in [1.165, 1.54) is 6.26 Å². The zero-order chi connectivity index (χ0) is 21.8. The van der Waals surface area contributed by atoms with Crippen LogP contribution in [0.2, 0.25) is 0 Å². The maximum Gasteiger partial charge on any atom is 0.224 e. The van der Waals surface area contributed by atoms with Crippen molar-refractivity contribution < 1.29 is 13.2 Å². The first-order chi connectivity index (χ1) is 14.9. The lowest BCUT2D eigenvalue weighted by Gasteiger charge is -2.28. The highest BCUT2D eigenvalue weighted by Crippen LogP contribution is 2.26. The van der Waals surface area contributed by atoms with Crippen molar-refractivity contribution in [2.45, 2.75) is 31.7 Å². The van der Waals surface area contributed by atoms with Gasteiger partial charge in [-0.05, 0) is 31.7 Å². The van der Waals surface area contributed by atoms with Gasteiger partial charge in [0.25, 0.3) is 0 Å². The number of benzene rings is 1. The summed E-state index contributed by atoms with van der Waals surface area (Å²) in [6, 6.07) is 9.96. The SMILES string of the molecule is CS(=O)(=O)CCNC(=O)[C@H]1CC[C@H](Nc2nccc(-n3ncc4ccccc43)n2)CC1. The van der Waals surface area contributed by atoms with Gasteiger partial charge in [0.1, 0.15) is 9.84 Å². The molecule has 1 aliphatic rings. The minimum Gasteiger partial charge on any atom is -0.355 e. The monoisotopic (exact) mass is 442 g/mol. The first-order valence-electron chi connectivity index (χ1n) is 10.4. The van der Waals surface area contributed by atoms with Crippen molar-refractivity contribution in [2.24, 2.45) is 5.92 Å². The van der Waals surface area contributed by atoms with Crippen LogP contribution in [0.15, 0.2) is 42.7 Å². The Hall–Kier alpha value is -3.01. The van der Waals surface area contributed by atoms with Gasteiger partial charge in [-0.15, -0.1) is 0 Å². The van der Waals surface area contributed by atoms with E-state index in [-0.39, 0.29) is 30.2 Å². The fourth-order valence-electron chi connectivity index (χ4n) is 3.88. The number of rotatable bonds is 7. The number of hydrogen-bond acceptors (Lipinski definition) is 7. The van der Waals surface area contributed by atoms with Crippen LogP contribution in [0.3, 0.4) is 0 Å². The molecule has 3 aromatic rings. The smallest absolute Gasteiger partial charge is 0.224 e. The molecule has 1 saturated carbocycles. The molecule has 1 amide bonds. The molecule has 0 bridgehead atoms. The Morgan fingerprint density at radius 1 is 1.16 bits per heavy atom. The largest absolute Gasteiger partial charge is 0.355 e. The Morgan fingerprint density at radius 2 is 1.94 bits per heavy atom. The zero-order valence-electron chi connectivity index (χ0n) is 17.4. The highest BCUT2D eigenvalue weighted by atomic mass is 32.2. The van der Waals surface area contributed by atoms with E-state index in [1.807, 2.05) is 36.5 Å². The number of para-hydroxylation sites is 1. The zero-order valence-corrected chi connectivity index (χ0v) is 18.2. The van der Waals surface area contributed by atoms with Crippen LogP contribution >= 0.6 is 0 Å². The van der Waals surface area contributed by atoms with E-state index < -0.39 is 9.84 Å². The number of amides is 1. The Labute approximate surface area is 181 Å². The molecule has 2 heterocycles. The molecule has 31 heavy (non-hydrogen) atoms. The highest BCUT2D eigenvalue weighted by molar-refractivity contribution is 7.90. The van der Waals surface area contributed by atoms with Gasteiger partial charge in [-0.25, -0.2) is 18.1 Å². The fourth-order valence-corrected chi connectivity index (χ4v) is 4.35. The van der Waals surface area contributed by atoms with Gasteiger partial charge in [0.05, 0.1) is 17.5 Å². The summed E-state index contributed by atoms with van der Waals surface area (Å²) < 4.78 is 24.2. The summed E-state index contributed by atoms with van der Waals surface area (Å²) in [5, 5.41) is 11.6. The Balaban J connectivity index is 1.33. The number of nitrogens with zero attached hydrogens (tertiary/aromatic N) is 4. The highest BCUT2D eigenvalue weighted by Gasteiger charge is 2.26. The fraction of sp³-hybridized carbons (Fsp3) is 0.429. The van der Waals surface area contributed by atoms with E-state index >= 15 is 0 Å². The number of fused-ring (bicyclic) bond motifs is 1. The second kappa shape index (κ2) is 9.01. The van der Waals surface area contributed by atoms with E-state index in [1.54, 1.807) is 10.9 Å². The van der Waals surface area contributed by atoms with Gasteiger partial charge in [0, 0.05) is 42.4 Å². The Bertz CT molecular complexity index is 1170. The van der Waals surface area contributed by atoms with Crippen molar-refractivity contribution in [3.8, 4) is 5.82 Å². The average Bonchev–Trinajstić information content (AvgIpc) is 3.18. The van der Waals surface area contributed by atoms with Gasteiger partial charge in [0.2, 0.25) is 11.9 Å². The lowest BCUT2D eigenvalue weighted by molar-refractivity contribution is -0.125. The maximum atomic E-state index is 12.3. The molecule has 164 valence electrons. The molecule has 1 aliphatic carbocycles. The lowest BCUT2D eigenvalue weighted by atomic mass is 9.85. The van der Waals surface area contributed by atoms with Crippen LogP contribution in [-0.4, -0.2) is 58.7 Å². The topological polar surface area (TPSA) is 119 Å². The van der Waals surface area contributed by atoms with Crippen molar-refractivity contribution in [2.75, 3.05) is 23.9 Å². The van der Waals surface area contributed by atoms with Crippen molar-refractivity contribution in [1.29, 1.82) is 0 Å². The molecule has 0 aliphatic heterocycles. The predicted octanol–water partition coefficient (Wildman–Crippen LogP) is 1.95. The molecule has 4 rings (SSSR count). The Morgan fingerprint density at radius 3 is 2.71 bits per heavy atom. The van der Waals surface area contributed by atoms with E-state index in [0.717, 1.165) is 36.6 Å². The third-order valence-corrected chi connectivity index (χ3v) is 6.48. The van der Waals surface area contributed by atoms with Gasteiger partial charge >= 0.3 is 0 Å². The van der Waals surface area contributed by atoms with Crippen LogP contribution in [0, 0.1) is 5.92 Å². The summed E-state index contributed by atoms with van der Waals surface area (Å²) in [5.74, 6) is 1.05. The molecule has 0 atom stereocenters. The minimum atomic E-state index is -3.07. The molecule has 0 unspecified atom stereocenters. The second-order valence-electron chi connectivity index (χ2n) is 7.97. The molecule has 9 nitrogen and oxygen atoms in total. The van der Waals surface area contributed by atoms with E-state index in [0.29, 0.717) is 11.8 Å². The van der Waals surface area contributed by atoms with Crippen LogP contribution in [0.1, 0.15) is 25.7 Å². The number of carbonyl (C=O) groups excluding carboxylic acids is 1. The third kappa shape index (κ3) is 5.38. The first kappa shape index (κ1) is 21.2. The molecular formula is C21H26N6O3S. The van der Waals surface area contributed by atoms with E-state index in [4.69, 9.17) is 0 Å². The summed E-state index contributed by atoms with van der Waals surface area (Å²) in [7, 11) is -3.07.